The third kappa shape index (κ3) is 12.9. The van der Waals surface area contributed by atoms with Crippen molar-refractivity contribution in [3.63, 3.8) is 0 Å². The first-order valence-electron chi connectivity index (χ1n) is 4.75. The van der Waals surface area contributed by atoms with Crippen LogP contribution in [-0.4, -0.2) is 7.25 Å². The zero-order valence-electron chi connectivity index (χ0n) is 9.54. The zero-order chi connectivity index (χ0) is 11.7. The SMILES string of the molecule is CCCC[n+]1ccccc1.F[B-](F)(F)F.[H+]. The smallest absolute Gasteiger partial charge is 0.418 e. The van der Waals surface area contributed by atoms with Gasteiger partial charge in [-0.1, -0.05) is 19.4 Å². The Morgan fingerprint density at radius 3 is 1.93 bits per heavy atom. The fourth-order valence-corrected chi connectivity index (χ4v) is 0.924. The molecule has 0 aromatic carbocycles. The van der Waals surface area contributed by atoms with Crippen LogP contribution in [0.3, 0.4) is 0 Å². The molecule has 0 unspecified atom stereocenters. The number of hydrogen-bond donors (Lipinski definition) is 0. The summed E-state index contributed by atoms with van der Waals surface area (Å²) in [7, 11) is -6.00. The zero-order valence-corrected chi connectivity index (χ0v) is 8.54. The number of pyridine rings is 1. The number of aromatic nitrogens is 1. The van der Waals surface area contributed by atoms with Crippen LogP contribution in [0, 0.1) is 0 Å². The average molecular weight is 224 g/mol. The molecule has 1 aromatic rings. The molecular formula is C9H15BF4N+. The van der Waals surface area contributed by atoms with Crippen LogP contribution in [0.5, 0.6) is 0 Å². The molecule has 0 atom stereocenters. The monoisotopic (exact) mass is 224 g/mol. The van der Waals surface area contributed by atoms with E-state index in [-0.39, 0.29) is 1.43 Å². The number of halogens is 4. The maximum absolute atomic E-state index is 9.75. The summed E-state index contributed by atoms with van der Waals surface area (Å²) in [5.41, 5.74) is 0. The standard InChI is InChI=1S/C9H14N.BF4/c1-2-3-7-10-8-5-4-6-9-10;2-1(3,4)5/h4-6,8-9H,2-3,7H2,1H3;/q+1;-1/p+1. The van der Waals surface area contributed by atoms with Gasteiger partial charge in [0.2, 0.25) is 0 Å². The summed E-state index contributed by atoms with van der Waals surface area (Å²) in [5, 5.41) is 0. The van der Waals surface area contributed by atoms with Gasteiger partial charge >= 0.3 is 8.68 Å². The third-order valence-electron chi connectivity index (χ3n) is 1.55. The van der Waals surface area contributed by atoms with Gasteiger partial charge in [-0.3, -0.25) is 0 Å². The van der Waals surface area contributed by atoms with E-state index >= 15 is 0 Å². The maximum Gasteiger partial charge on any atom is 1.00 e. The highest BCUT2D eigenvalue weighted by Crippen LogP contribution is 2.06. The van der Waals surface area contributed by atoms with Crippen molar-refractivity contribution in [2.75, 3.05) is 0 Å². The molecule has 0 radical (unpaired) electrons. The number of rotatable bonds is 3. The molecule has 0 amide bonds. The average Bonchev–Trinajstić information content (AvgIpc) is 2.14. The molecule has 15 heavy (non-hydrogen) atoms. The summed E-state index contributed by atoms with van der Waals surface area (Å²) < 4.78 is 41.2. The summed E-state index contributed by atoms with van der Waals surface area (Å²) in [6, 6.07) is 6.17. The number of unbranched alkanes of at least 4 members (excludes halogenated alkanes) is 1. The lowest BCUT2D eigenvalue weighted by atomic mass is 10.3. The Bertz CT molecular complexity index is 249. The second-order valence-corrected chi connectivity index (χ2v) is 2.96. The van der Waals surface area contributed by atoms with E-state index in [1.54, 1.807) is 0 Å². The van der Waals surface area contributed by atoms with Crippen LogP contribution >= 0.6 is 0 Å². The Hall–Kier alpha value is -1.07. The Morgan fingerprint density at radius 1 is 1.07 bits per heavy atom. The molecule has 86 valence electrons. The van der Waals surface area contributed by atoms with Gasteiger partial charge in [-0.25, -0.2) is 4.57 Å². The van der Waals surface area contributed by atoms with Crippen molar-refractivity contribution in [2.45, 2.75) is 26.3 Å². The molecule has 0 aliphatic carbocycles. The van der Waals surface area contributed by atoms with Crippen LogP contribution in [0.4, 0.5) is 17.3 Å². The van der Waals surface area contributed by atoms with Gasteiger partial charge in [0, 0.05) is 18.6 Å². The fourth-order valence-electron chi connectivity index (χ4n) is 0.924. The van der Waals surface area contributed by atoms with Crippen molar-refractivity contribution >= 4 is 7.25 Å². The number of nitrogens with zero attached hydrogens (tertiary/aromatic N) is 1. The van der Waals surface area contributed by atoms with Gasteiger partial charge in [0.1, 0.15) is 6.54 Å². The quantitative estimate of drug-likeness (QED) is 0.421. The van der Waals surface area contributed by atoms with Crippen molar-refractivity contribution in [1.82, 2.24) is 0 Å². The predicted molar refractivity (Wildman–Crippen MR) is 52.8 cm³/mol. The van der Waals surface area contributed by atoms with E-state index in [1.807, 2.05) is 6.07 Å². The van der Waals surface area contributed by atoms with Gasteiger partial charge in [-0.15, -0.1) is 0 Å². The minimum atomic E-state index is -6.00. The second kappa shape index (κ2) is 7.26. The topological polar surface area (TPSA) is 3.88 Å². The highest BCUT2D eigenvalue weighted by atomic mass is 19.5. The first-order chi connectivity index (χ1) is 6.93. The first kappa shape index (κ1) is 13.9. The molecule has 0 fully saturated rings. The van der Waals surface area contributed by atoms with Gasteiger partial charge in [-0.05, 0) is 0 Å². The van der Waals surface area contributed by atoms with E-state index in [2.05, 4.69) is 36.0 Å². The molecule has 0 spiro atoms. The summed E-state index contributed by atoms with van der Waals surface area (Å²) in [6.07, 6.45) is 6.75. The van der Waals surface area contributed by atoms with E-state index in [0.29, 0.717) is 0 Å². The Labute approximate surface area is 88.3 Å². The fraction of sp³-hybridized carbons (Fsp3) is 0.444. The van der Waals surface area contributed by atoms with E-state index in [1.165, 1.54) is 12.8 Å². The van der Waals surface area contributed by atoms with Crippen LogP contribution in [0.2, 0.25) is 0 Å². The lowest BCUT2D eigenvalue weighted by Crippen LogP contribution is -2.31. The predicted octanol–water partition coefficient (Wildman–Crippen LogP) is 3.19. The normalized spacial score (nSPS) is 10.5. The van der Waals surface area contributed by atoms with Crippen LogP contribution in [-0.2, 0) is 6.54 Å². The maximum atomic E-state index is 9.75. The molecule has 0 N–H and O–H groups in total. The van der Waals surface area contributed by atoms with Gasteiger partial charge in [0.15, 0.2) is 12.4 Å². The van der Waals surface area contributed by atoms with Crippen LogP contribution in [0.15, 0.2) is 30.6 Å². The lowest BCUT2D eigenvalue weighted by Gasteiger charge is -1.94. The summed E-state index contributed by atoms with van der Waals surface area (Å²) >= 11 is 0. The molecule has 1 heterocycles. The van der Waals surface area contributed by atoms with Gasteiger partial charge in [0.05, 0.1) is 0 Å². The Balaban J connectivity index is 0. The van der Waals surface area contributed by atoms with Crippen molar-refractivity contribution in [3.05, 3.63) is 30.6 Å². The number of hydrogen-bond acceptors (Lipinski definition) is 0. The Morgan fingerprint density at radius 2 is 1.53 bits per heavy atom. The Kier molecular flexibility index (Phi) is 6.74. The number of aryl methyl sites for hydroxylation is 1. The largest absolute Gasteiger partial charge is 1.00 e. The molecular weight excluding hydrogens is 209 g/mol. The van der Waals surface area contributed by atoms with Gasteiger partial charge < -0.3 is 17.3 Å². The molecule has 0 bridgehead atoms. The van der Waals surface area contributed by atoms with Crippen molar-refractivity contribution in [2.24, 2.45) is 0 Å². The van der Waals surface area contributed by atoms with Gasteiger partial charge in [0.25, 0.3) is 0 Å². The van der Waals surface area contributed by atoms with E-state index in [9.17, 15) is 17.3 Å². The molecule has 1 rings (SSSR count). The van der Waals surface area contributed by atoms with E-state index in [0.717, 1.165) is 6.54 Å². The highest BCUT2D eigenvalue weighted by Gasteiger charge is 2.20. The van der Waals surface area contributed by atoms with E-state index in [4.69, 9.17) is 0 Å². The summed E-state index contributed by atoms with van der Waals surface area (Å²) in [5.74, 6) is 0. The first-order valence-corrected chi connectivity index (χ1v) is 4.75. The summed E-state index contributed by atoms with van der Waals surface area (Å²) in [6.45, 7) is 3.36. The minimum Gasteiger partial charge on any atom is -0.418 e. The second-order valence-electron chi connectivity index (χ2n) is 2.96. The van der Waals surface area contributed by atoms with Crippen molar-refractivity contribution < 1.29 is 23.3 Å². The lowest BCUT2D eigenvalue weighted by molar-refractivity contribution is -0.697. The van der Waals surface area contributed by atoms with Crippen LogP contribution in [0.25, 0.3) is 0 Å². The molecule has 0 saturated carbocycles. The molecule has 0 saturated heterocycles. The van der Waals surface area contributed by atoms with Crippen molar-refractivity contribution in [1.29, 1.82) is 0 Å². The minimum absolute atomic E-state index is 0. The molecule has 1 nitrogen and oxygen atoms in total. The third-order valence-corrected chi connectivity index (χ3v) is 1.55. The van der Waals surface area contributed by atoms with E-state index < -0.39 is 7.25 Å². The van der Waals surface area contributed by atoms with Crippen LogP contribution < -0.4 is 4.57 Å². The molecule has 0 aliphatic heterocycles. The van der Waals surface area contributed by atoms with Crippen molar-refractivity contribution in [3.8, 4) is 0 Å². The molecule has 6 heteroatoms. The highest BCUT2D eigenvalue weighted by molar-refractivity contribution is 6.50. The summed E-state index contributed by atoms with van der Waals surface area (Å²) in [4.78, 5) is 0. The molecule has 1 aromatic heterocycles. The molecule has 0 aliphatic rings. The van der Waals surface area contributed by atoms with Gasteiger partial charge in [-0.2, -0.15) is 0 Å². The van der Waals surface area contributed by atoms with Crippen LogP contribution in [0.1, 0.15) is 21.2 Å².